The van der Waals surface area contributed by atoms with E-state index in [1.165, 1.54) is 38.8 Å². The monoisotopic (exact) mass is 356 g/mol. The summed E-state index contributed by atoms with van der Waals surface area (Å²) >= 11 is 6.09. The molecule has 1 aromatic carbocycles. The van der Waals surface area contributed by atoms with Crippen LogP contribution in [0.3, 0.4) is 0 Å². The molecule has 1 N–H and O–H groups in total. The Morgan fingerprint density at radius 3 is 2.50 bits per heavy atom. The van der Waals surface area contributed by atoms with E-state index >= 15 is 0 Å². The lowest BCUT2D eigenvalue weighted by atomic mass is 10.2. The molecule has 0 amide bonds. The van der Waals surface area contributed by atoms with Gasteiger partial charge in [-0.2, -0.15) is 0 Å². The molecule has 1 fully saturated rings. The maximum absolute atomic E-state index is 8.36. The predicted octanol–water partition coefficient (Wildman–Crippen LogP) is 3.36. The molecule has 0 spiro atoms. The van der Waals surface area contributed by atoms with Crippen molar-refractivity contribution < 1.29 is 14.6 Å². The van der Waals surface area contributed by atoms with Crippen molar-refractivity contribution in [1.82, 2.24) is 9.80 Å². The van der Waals surface area contributed by atoms with Crippen molar-refractivity contribution in [3.8, 4) is 5.75 Å². The zero-order valence-electron chi connectivity index (χ0n) is 14.7. The average molecular weight is 357 g/mol. The van der Waals surface area contributed by atoms with Gasteiger partial charge in [-0.15, -0.1) is 0 Å². The van der Waals surface area contributed by atoms with Crippen molar-refractivity contribution in [1.29, 1.82) is 0 Å². The maximum atomic E-state index is 8.36. The van der Waals surface area contributed by atoms with Gasteiger partial charge in [0.05, 0.1) is 7.11 Å². The summed E-state index contributed by atoms with van der Waals surface area (Å²) in [6, 6.07) is 5.82. The molecule has 24 heavy (non-hydrogen) atoms. The van der Waals surface area contributed by atoms with Gasteiger partial charge in [0.25, 0.3) is 6.47 Å². The fraction of sp³-hybridized carbons (Fsp3) is 0.611. The molecule has 0 radical (unpaired) electrons. The molecule has 0 aromatic heterocycles. The number of halogens is 1. The van der Waals surface area contributed by atoms with Crippen LogP contribution in [0.25, 0.3) is 0 Å². The molecule has 1 aliphatic heterocycles. The molecule has 0 bridgehead atoms. The van der Waals surface area contributed by atoms with Gasteiger partial charge in [-0.25, -0.2) is 0 Å². The number of likely N-dealkylation sites (N-methyl/N-ethyl adjacent to an activating group) is 1. The molecule has 1 aromatic rings. The second-order valence-electron chi connectivity index (χ2n) is 6.06. The van der Waals surface area contributed by atoms with Crippen LogP contribution in [0, 0.1) is 0 Å². The van der Waals surface area contributed by atoms with Gasteiger partial charge >= 0.3 is 0 Å². The number of rotatable bonds is 6. The smallest absolute Gasteiger partial charge is 0.290 e. The van der Waals surface area contributed by atoms with Crippen LogP contribution < -0.4 is 4.74 Å². The third-order valence-electron chi connectivity index (χ3n) is 4.18. The highest BCUT2D eigenvalue weighted by Gasteiger charge is 2.11. The van der Waals surface area contributed by atoms with E-state index in [1.807, 2.05) is 18.2 Å². The lowest BCUT2D eigenvalue weighted by Gasteiger charge is -2.24. The summed E-state index contributed by atoms with van der Waals surface area (Å²) in [5, 5.41) is 7.66. The highest BCUT2D eigenvalue weighted by Crippen LogP contribution is 2.23. The van der Waals surface area contributed by atoms with Gasteiger partial charge in [0.2, 0.25) is 0 Å². The van der Waals surface area contributed by atoms with Gasteiger partial charge in [-0.1, -0.05) is 24.4 Å². The predicted molar refractivity (Wildman–Crippen MR) is 97.9 cm³/mol. The number of nitrogens with zero attached hydrogens (tertiary/aromatic N) is 2. The van der Waals surface area contributed by atoms with E-state index in [-0.39, 0.29) is 6.47 Å². The van der Waals surface area contributed by atoms with Crippen LogP contribution in [0.2, 0.25) is 5.02 Å². The fourth-order valence-electron chi connectivity index (χ4n) is 2.91. The molecule has 1 saturated heterocycles. The van der Waals surface area contributed by atoms with E-state index in [9.17, 15) is 0 Å². The van der Waals surface area contributed by atoms with Crippen molar-refractivity contribution >= 4 is 18.1 Å². The molecule has 0 atom stereocenters. The summed E-state index contributed by atoms with van der Waals surface area (Å²) in [6.45, 7) is 5.37. The Bertz CT molecular complexity index is 477. The number of ether oxygens (including phenoxy) is 1. The molecule has 6 heteroatoms. The Hall–Kier alpha value is -1.30. The first-order valence-corrected chi connectivity index (χ1v) is 8.79. The Labute approximate surface area is 150 Å². The van der Waals surface area contributed by atoms with Gasteiger partial charge in [-0.05, 0) is 51.2 Å². The Morgan fingerprint density at radius 1 is 1.29 bits per heavy atom. The van der Waals surface area contributed by atoms with E-state index in [1.54, 1.807) is 7.11 Å². The van der Waals surface area contributed by atoms with Gasteiger partial charge in [0, 0.05) is 30.2 Å². The topological polar surface area (TPSA) is 53.0 Å². The van der Waals surface area contributed by atoms with Gasteiger partial charge < -0.3 is 19.6 Å². The van der Waals surface area contributed by atoms with Crippen LogP contribution >= 0.6 is 11.6 Å². The first kappa shape index (κ1) is 20.7. The summed E-state index contributed by atoms with van der Waals surface area (Å²) in [5.41, 5.74) is 1.16. The average Bonchev–Trinajstić information content (AvgIpc) is 2.83. The van der Waals surface area contributed by atoms with Crippen molar-refractivity contribution in [2.45, 2.75) is 32.2 Å². The lowest BCUT2D eigenvalue weighted by Crippen LogP contribution is -2.33. The largest absolute Gasteiger partial charge is 0.496 e. The summed E-state index contributed by atoms with van der Waals surface area (Å²) in [5.74, 6) is 0.918. The van der Waals surface area contributed by atoms with Gasteiger partial charge in [0.1, 0.15) is 5.75 Å². The van der Waals surface area contributed by atoms with Crippen LogP contribution in [-0.2, 0) is 11.3 Å². The van der Waals surface area contributed by atoms with Crippen LogP contribution in [0.5, 0.6) is 5.75 Å². The lowest BCUT2D eigenvalue weighted by molar-refractivity contribution is -0.122. The molecule has 2 rings (SSSR count). The maximum Gasteiger partial charge on any atom is 0.290 e. The van der Waals surface area contributed by atoms with E-state index in [4.69, 9.17) is 26.2 Å². The Balaban J connectivity index is 0.000000891. The van der Waals surface area contributed by atoms with E-state index < -0.39 is 0 Å². The minimum Gasteiger partial charge on any atom is -0.496 e. The fourth-order valence-corrected chi connectivity index (χ4v) is 3.11. The van der Waals surface area contributed by atoms with Crippen molar-refractivity contribution in [2.24, 2.45) is 0 Å². The van der Waals surface area contributed by atoms with Crippen LogP contribution in [0.4, 0.5) is 0 Å². The standard InChI is InChI=1S/C17H27ClN2O.CH2O2/c1-19(11-12-20-9-5-3-4-6-10-20)14-15-13-16(18)7-8-17(15)21-2;2-1-3/h7-8,13H,3-6,9-12,14H2,1-2H3;1H,(H,2,3). The molecule has 0 aliphatic carbocycles. The molecule has 1 heterocycles. The van der Waals surface area contributed by atoms with E-state index in [2.05, 4.69) is 16.8 Å². The van der Waals surface area contributed by atoms with Crippen molar-refractivity contribution in [3.05, 3.63) is 28.8 Å². The van der Waals surface area contributed by atoms with Crippen molar-refractivity contribution in [2.75, 3.05) is 40.3 Å². The third-order valence-corrected chi connectivity index (χ3v) is 4.41. The van der Waals surface area contributed by atoms with Crippen LogP contribution in [0.15, 0.2) is 18.2 Å². The van der Waals surface area contributed by atoms with E-state index in [0.717, 1.165) is 36.0 Å². The van der Waals surface area contributed by atoms with Crippen LogP contribution in [0.1, 0.15) is 31.2 Å². The molecule has 0 saturated carbocycles. The number of methoxy groups -OCH3 is 1. The molecule has 1 aliphatic rings. The molecule has 136 valence electrons. The molecular formula is C18H29ClN2O3. The van der Waals surface area contributed by atoms with Gasteiger partial charge in [0.15, 0.2) is 0 Å². The highest BCUT2D eigenvalue weighted by molar-refractivity contribution is 6.30. The Morgan fingerprint density at radius 2 is 1.92 bits per heavy atom. The zero-order chi connectivity index (χ0) is 17.8. The third kappa shape index (κ3) is 7.99. The Kier molecular flexibility index (Phi) is 10.5. The first-order valence-electron chi connectivity index (χ1n) is 8.42. The number of benzene rings is 1. The quantitative estimate of drug-likeness (QED) is 0.792. The minimum atomic E-state index is -0.250. The second kappa shape index (κ2) is 12.1. The summed E-state index contributed by atoms with van der Waals surface area (Å²) in [7, 11) is 3.88. The second-order valence-corrected chi connectivity index (χ2v) is 6.49. The van der Waals surface area contributed by atoms with Crippen molar-refractivity contribution in [3.63, 3.8) is 0 Å². The summed E-state index contributed by atoms with van der Waals surface area (Å²) in [6.07, 6.45) is 5.50. The van der Waals surface area contributed by atoms with Gasteiger partial charge in [-0.3, -0.25) is 4.79 Å². The first-order chi connectivity index (χ1) is 11.6. The number of carboxylic acid groups (broad SMARTS) is 1. The zero-order valence-corrected chi connectivity index (χ0v) is 15.5. The number of hydrogen-bond acceptors (Lipinski definition) is 4. The molecule has 5 nitrogen and oxygen atoms in total. The number of carbonyl (C=O) groups is 1. The number of likely N-dealkylation sites (tertiary alicyclic amines) is 1. The molecule has 0 unspecified atom stereocenters. The van der Waals surface area contributed by atoms with Crippen LogP contribution in [-0.4, -0.2) is 61.7 Å². The SMILES string of the molecule is COc1ccc(Cl)cc1CN(C)CCN1CCCCCC1.O=CO. The summed E-state index contributed by atoms with van der Waals surface area (Å²) < 4.78 is 5.42. The summed E-state index contributed by atoms with van der Waals surface area (Å²) in [4.78, 5) is 13.3. The number of hydrogen-bond donors (Lipinski definition) is 1. The van der Waals surface area contributed by atoms with E-state index in [0.29, 0.717) is 0 Å². The highest BCUT2D eigenvalue weighted by atomic mass is 35.5. The minimum absolute atomic E-state index is 0.250. The normalized spacial score (nSPS) is 15.3. The molecular weight excluding hydrogens is 328 g/mol.